The van der Waals surface area contributed by atoms with Crippen LogP contribution in [0, 0.1) is 17.1 Å². The second-order valence-electron chi connectivity index (χ2n) is 5.56. The van der Waals surface area contributed by atoms with Gasteiger partial charge in [-0.25, -0.2) is 17.5 Å². The van der Waals surface area contributed by atoms with Crippen LogP contribution in [0.4, 0.5) is 10.1 Å². The molecule has 126 valence electrons. The number of nitrogens with one attached hydrogen (secondary N) is 1. The van der Waals surface area contributed by atoms with E-state index in [0.717, 1.165) is 0 Å². The van der Waals surface area contributed by atoms with Crippen molar-refractivity contribution in [2.75, 3.05) is 18.0 Å². The smallest absolute Gasteiger partial charge is 0.250 e. The topological polar surface area (TPSA) is 73.2 Å². The first-order chi connectivity index (χ1) is 11.5. The molecule has 0 atom stereocenters. The Hall–Kier alpha value is -1.95. The number of thiophene rings is 1. The molecule has 5 nitrogen and oxygen atoms in total. The Labute approximate surface area is 144 Å². The van der Waals surface area contributed by atoms with Gasteiger partial charge in [0.1, 0.15) is 21.7 Å². The molecule has 1 aromatic carbocycles. The van der Waals surface area contributed by atoms with Crippen LogP contribution in [0.1, 0.15) is 18.4 Å². The van der Waals surface area contributed by atoms with E-state index in [2.05, 4.69) is 4.72 Å². The summed E-state index contributed by atoms with van der Waals surface area (Å²) in [6, 6.07) is 9.59. The Morgan fingerprint density at radius 1 is 1.25 bits per heavy atom. The molecule has 0 saturated carbocycles. The van der Waals surface area contributed by atoms with Crippen molar-refractivity contribution in [1.29, 1.82) is 5.26 Å². The molecule has 3 rings (SSSR count). The Kier molecular flexibility index (Phi) is 4.85. The first-order valence-corrected chi connectivity index (χ1v) is 9.87. The van der Waals surface area contributed by atoms with Crippen molar-refractivity contribution in [3.05, 3.63) is 47.1 Å². The zero-order chi connectivity index (χ0) is 17.2. The molecule has 1 saturated heterocycles. The normalized spacial score (nSPS) is 16.1. The molecule has 0 bridgehead atoms. The molecule has 1 N–H and O–H groups in total. The average Bonchev–Trinajstić information content (AvgIpc) is 3.10. The summed E-state index contributed by atoms with van der Waals surface area (Å²) in [4.78, 5) is 1.93. The summed E-state index contributed by atoms with van der Waals surface area (Å²) < 4.78 is 41.3. The molecule has 1 aliphatic rings. The van der Waals surface area contributed by atoms with Crippen molar-refractivity contribution in [2.24, 2.45) is 0 Å². The summed E-state index contributed by atoms with van der Waals surface area (Å²) >= 11 is 1.18. The number of hydrogen-bond acceptors (Lipinski definition) is 5. The molecular weight excluding hydrogens is 349 g/mol. The van der Waals surface area contributed by atoms with Gasteiger partial charge in [0.05, 0.1) is 5.69 Å². The number of anilines is 1. The Bertz CT molecular complexity index is 852. The molecular formula is C16H16FN3O2S2. The molecule has 0 aliphatic carbocycles. The van der Waals surface area contributed by atoms with E-state index in [0.29, 0.717) is 35.8 Å². The molecule has 24 heavy (non-hydrogen) atoms. The number of piperidine rings is 1. The summed E-state index contributed by atoms with van der Waals surface area (Å²) in [5.74, 6) is -0.532. The van der Waals surface area contributed by atoms with Gasteiger partial charge in [-0.3, -0.25) is 0 Å². The first kappa shape index (κ1) is 16.9. The van der Waals surface area contributed by atoms with Gasteiger partial charge in [0.2, 0.25) is 10.0 Å². The minimum Gasteiger partial charge on any atom is -0.370 e. The van der Waals surface area contributed by atoms with Gasteiger partial charge in [-0.1, -0.05) is 12.1 Å². The van der Waals surface area contributed by atoms with Crippen molar-refractivity contribution < 1.29 is 12.8 Å². The lowest BCUT2D eigenvalue weighted by Gasteiger charge is -2.34. The minimum absolute atomic E-state index is 0.0371. The zero-order valence-electron chi connectivity index (χ0n) is 12.8. The zero-order valence-corrected chi connectivity index (χ0v) is 14.4. The lowest BCUT2D eigenvalue weighted by Crippen LogP contribution is -2.44. The molecule has 0 amide bonds. The predicted molar refractivity (Wildman–Crippen MR) is 91.0 cm³/mol. The van der Waals surface area contributed by atoms with Crippen LogP contribution in [-0.2, 0) is 10.0 Å². The van der Waals surface area contributed by atoms with Gasteiger partial charge >= 0.3 is 0 Å². The highest BCUT2D eigenvalue weighted by Crippen LogP contribution is 2.26. The maximum Gasteiger partial charge on any atom is 0.250 e. The summed E-state index contributed by atoms with van der Waals surface area (Å²) in [5, 5.41) is 10.9. The number of rotatable bonds is 4. The summed E-state index contributed by atoms with van der Waals surface area (Å²) in [6.07, 6.45) is 1.21. The monoisotopic (exact) mass is 365 g/mol. The molecule has 0 spiro atoms. The van der Waals surface area contributed by atoms with E-state index in [1.807, 2.05) is 11.0 Å². The van der Waals surface area contributed by atoms with Crippen LogP contribution >= 0.6 is 11.3 Å². The molecule has 0 radical (unpaired) electrons. The summed E-state index contributed by atoms with van der Waals surface area (Å²) in [7, 11) is -3.48. The quantitative estimate of drug-likeness (QED) is 0.904. The highest BCUT2D eigenvalue weighted by Gasteiger charge is 2.26. The molecule has 2 aromatic rings. The van der Waals surface area contributed by atoms with Crippen molar-refractivity contribution in [2.45, 2.75) is 23.1 Å². The van der Waals surface area contributed by atoms with Crippen LogP contribution in [0.2, 0.25) is 0 Å². The van der Waals surface area contributed by atoms with E-state index in [4.69, 9.17) is 5.26 Å². The highest BCUT2D eigenvalue weighted by molar-refractivity contribution is 7.91. The minimum atomic E-state index is -3.48. The molecule has 1 aliphatic heterocycles. The van der Waals surface area contributed by atoms with Crippen LogP contribution in [0.25, 0.3) is 0 Å². The first-order valence-electron chi connectivity index (χ1n) is 7.50. The maximum atomic E-state index is 13.7. The fraction of sp³-hybridized carbons (Fsp3) is 0.312. The second-order valence-corrected chi connectivity index (χ2v) is 8.45. The Balaban J connectivity index is 1.67. The Morgan fingerprint density at radius 3 is 2.62 bits per heavy atom. The number of nitrogens with zero attached hydrogens (tertiary/aromatic N) is 2. The van der Waals surface area contributed by atoms with E-state index in [1.54, 1.807) is 29.6 Å². The fourth-order valence-electron chi connectivity index (χ4n) is 2.82. The number of nitriles is 1. The SMILES string of the molecule is N#Cc1c(F)cccc1N1CCC(NS(=O)(=O)c2cccs2)CC1. The average molecular weight is 365 g/mol. The lowest BCUT2D eigenvalue weighted by molar-refractivity contribution is 0.460. The van der Waals surface area contributed by atoms with Gasteiger partial charge in [-0.2, -0.15) is 5.26 Å². The van der Waals surface area contributed by atoms with Crippen LogP contribution in [0.3, 0.4) is 0 Å². The van der Waals surface area contributed by atoms with Crippen molar-refractivity contribution in [3.63, 3.8) is 0 Å². The molecule has 1 fully saturated rings. The van der Waals surface area contributed by atoms with Gasteiger partial charge in [0.25, 0.3) is 0 Å². The van der Waals surface area contributed by atoms with Crippen LogP contribution in [0.5, 0.6) is 0 Å². The number of hydrogen-bond donors (Lipinski definition) is 1. The maximum absolute atomic E-state index is 13.7. The molecule has 0 unspecified atom stereocenters. The number of sulfonamides is 1. The Morgan fingerprint density at radius 2 is 2.00 bits per heavy atom. The van der Waals surface area contributed by atoms with E-state index < -0.39 is 15.8 Å². The van der Waals surface area contributed by atoms with E-state index in [1.165, 1.54) is 17.4 Å². The van der Waals surface area contributed by atoms with Crippen molar-refractivity contribution in [3.8, 4) is 6.07 Å². The van der Waals surface area contributed by atoms with E-state index in [9.17, 15) is 12.8 Å². The second kappa shape index (κ2) is 6.89. The van der Waals surface area contributed by atoms with Gasteiger partial charge in [0, 0.05) is 19.1 Å². The third-order valence-corrected chi connectivity index (χ3v) is 6.94. The highest BCUT2D eigenvalue weighted by atomic mass is 32.2. The largest absolute Gasteiger partial charge is 0.370 e. The predicted octanol–water partition coefficient (Wildman–Crippen LogP) is 2.71. The van der Waals surface area contributed by atoms with E-state index in [-0.39, 0.29) is 11.6 Å². The van der Waals surface area contributed by atoms with Crippen LogP contribution in [0.15, 0.2) is 39.9 Å². The van der Waals surface area contributed by atoms with Crippen molar-refractivity contribution in [1.82, 2.24) is 4.72 Å². The lowest BCUT2D eigenvalue weighted by atomic mass is 10.0. The van der Waals surface area contributed by atoms with Crippen LogP contribution < -0.4 is 9.62 Å². The van der Waals surface area contributed by atoms with Gasteiger partial charge in [0.15, 0.2) is 0 Å². The van der Waals surface area contributed by atoms with Crippen LogP contribution in [-0.4, -0.2) is 27.5 Å². The molecule has 8 heteroatoms. The molecule has 2 heterocycles. The number of benzene rings is 1. The van der Waals surface area contributed by atoms with Gasteiger partial charge < -0.3 is 4.90 Å². The summed E-state index contributed by atoms with van der Waals surface area (Å²) in [5.41, 5.74) is 0.604. The van der Waals surface area contributed by atoms with Crippen molar-refractivity contribution >= 4 is 27.0 Å². The van der Waals surface area contributed by atoms with Gasteiger partial charge in [-0.15, -0.1) is 11.3 Å². The number of halogens is 1. The standard InChI is InChI=1S/C16H16FN3O2S2/c17-14-3-1-4-15(13(14)11-18)20-8-6-12(7-9-20)19-24(21,22)16-5-2-10-23-16/h1-5,10,12,19H,6-9H2. The third-order valence-electron chi connectivity index (χ3n) is 4.02. The third kappa shape index (κ3) is 3.43. The fourth-order valence-corrected chi connectivity index (χ4v) is 5.13. The summed E-state index contributed by atoms with van der Waals surface area (Å²) in [6.45, 7) is 1.13. The molecule has 1 aromatic heterocycles. The van der Waals surface area contributed by atoms with Gasteiger partial charge in [-0.05, 0) is 36.4 Å². The van der Waals surface area contributed by atoms with E-state index >= 15 is 0 Å².